The first-order valence-electron chi connectivity index (χ1n) is 6.66. The summed E-state index contributed by atoms with van der Waals surface area (Å²) < 4.78 is 7.28. The third kappa shape index (κ3) is 1.80. The van der Waals surface area contributed by atoms with E-state index in [9.17, 15) is 0 Å². The minimum atomic E-state index is -0.0854. The first-order valence-corrected chi connectivity index (χ1v) is 7.03. The molecule has 0 saturated carbocycles. The van der Waals surface area contributed by atoms with Crippen molar-refractivity contribution in [3.05, 3.63) is 16.3 Å². The van der Waals surface area contributed by atoms with Gasteiger partial charge in [-0.15, -0.1) is 0 Å². The highest BCUT2D eigenvalue weighted by Gasteiger charge is 2.40. The Balaban J connectivity index is 2.09. The normalized spacial score (nSPS) is 17.6. The average molecular weight is 295 g/mol. The number of methoxy groups -OCH3 is 1. The maximum absolute atomic E-state index is 6.53. The molecule has 0 N–H and O–H groups in total. The molecule has 3 heterocycles. The Labute approximate surface area is 123 Å². The van der Waals surface area contributed by atoms with Crippen LogP contribution in [0.2, 0.25) is 5.02 Å². The fourth-order valence-corrected chi connectivity index (χ4v) is 3.15. The Morgan fingerprint density at radius 3 is 2.55 bits per heavy atom. The van der Waals surface area contributed by atoms with E-state index in [-0.39, 0.29) is 5.60 Å². The molecule has 20 heavy (non-hydrogen) atoms. The van der Waals surface area contributed by atoms with Gasteiger partial charge in [-0.2, -0.15) is 5.10 Å². The predicted molar refractivity (Wildman–Crippen MR) is 80.6 cm³/mol. The Morgan fingerprint density at radius 1 is 1.30 bits per heavy atom. The molecule has 0 aromatic carbocycles. The summed E-state index contributed by atoms with van der Waals surface area (Å²) in [6.45, 7) is 7.73. The van der Waals surface area contributed by atoms with Crippen LogP contribution in [0.5, 0.6) is 0 Å². The minimum absolute atomic E-state index is 0.0854. The summed E-state index contributed by atoms with van der Waals surface area (Å²) in [6, 6.07) is 0. The fraction of sp³-hybridized carbons (Fsp3) is 0.571. The number of anilines is 1. The van der Waals surface area contributed by atoms with E-state index in [4.69, 9.17) is 21.3 Å². The Morgan fingerprint density at radius 2 is 1.95 bits per heavy atom. The van der Waals surface area contributed by atoms with Gasteiger partial charge in [0.1, 0.15) is 5.82 Å². The van der Waals surface area contributed by atoms with Crippen LogP contribution < -0.4 is 4.90 Å². The van der Waals surface area contributed by atoms with Crippen LogP contribution >= 0.6 is 11.6 Å². The number of rotatable bonds is 2. The summed E-state index contributed by atoms with van der Waals surface area (Å²) in [4.78, 5) is 6.97. The second-order valence-corrected chi connectivity index (χ2v) is 6.17. The fourth-order valence-electron chi connectivity index (χ4n) is 2.85. The van der Waals surface area contributed by atoms with Gasteiger partial charge in [-0.05, 0) is 20.8 Å². The van der Waals surface area contributed by atoms with Crippen molar-refractivity contribution in [2.45, 2.75) is 26.4 Å². The second kappa shape index (κ2) is 4.33. The number of halogens is 1. The number of hydrogen-bond acceptors (Lipinski definition) is 4. The smallest absolute Gasteiger partial charge is 0.161 e. The SMILES string of the molecule is COC1(C)CN(c2nc3c(c(C)nn3C)c(Cl)c2C)C1. The van der Waals surface area contributed by atoms with E-state index in [1.54, 1.807) is 11.8 Å². The molecule has 0 spiro atoms. The Hall–Kier alpha value is -1.33. The summed E-state index contributed by atoms with van der Waals surface area (Å²) in [5.41, 5.74) is 2.67. The molecule has 6 heteroatoms. The molecular formula is C14H19ClN4O. The first kappa shape index (κ1) is 13.6. The van der Waals surface area contributed by atoms with E-state index in [0.717, 1.165) is 46.2 Å². The lowest BCUT2D eigenvalue weighted by atomic mass is 9.96. The van der Waals surface area contributed by atoms with Crippen molar-refractivity contribution in [2.24, 2.45) is 7.05 Å². The molecular weight excluding hydrogens is 276 g/mol. The van der Waals surface area contributed by atoms with Crippen molar-refractivity contribution in [1.29, 1.82) is 0 Å². The van der Waals surface area contributed by atoms with Crippen LogP contribution in [0.3, 0.4) is 0 Å². The average Bonchev–Trinajstić information content (AvgIpc) is 2.65. The first-order chi connectivity index (χ1) is 9.36. The van der Waals surface area contributed by atoms with Gasteiger partial charge in [-0.25, -0.2) is 4.98 Å². The van der Waals surface area contributed by atoms with Gasteiger partial charge in [-0.3, -0.25) is 4.68 Å². The number of ether oxygens (including phenoxy) is 1. The molecule has 2 aromatic heterocycles. The summed E-state index contributed by atoms with van der Waals surface area (Å²) in [5, 5.41) is 6.11. The van der Waals surface area contributed by atoms with Crippen LogP contribution in [0.4, 0.5) is 5.82 Å². The van der Waals surface area contributed by atoms with E-state index in [0.29, 0.717) is 0 Å². The summed E-state index contributed by atoms with van der Waals surface area (Å²) in [6.07, 6.45) is 0. The number of pyridine rings is 1. The third-order valence-electron chi connectivity index (χ3n) is 4.13. The molecule has 1 fully saturated rings. The van der Waals surface area contributed by atoms with Gasteiger partial charge in [0.15, 0.2) is 5.65 Å². The molecule has 3 rings (SSSR count). The van der Waals surface area contributed by atoms with Gasteiger partial charge in [0, 0.05) is 32.8 Å². The van der Waals surface area contributed by atoms with E-state index in [2.05, 4.69) is 16.9 Å². The Kier molecular flexibility index (Phi) is 2.95. The lowest BCUT2D eigenvalue weighted by Gasteiger charge is -2.48. The second-order valence-electron chi connectivity index (χ2n) is 5.79. The monoisotopic (exact) mass is 294 g/mol. The highest BCUT2D eigenvalue weighted by Crippen LogP contribution is 2.37. The van der Waals surface area contributed by atoms with Gasteiger partial charge >= 0.3 is 0 Å². The predicted octanol–water partition coefficient (Wildman–Crippen LogP) is 2.46. The zero-order chi connectivity index (χ0) is 14.7. The molecule has 1 aliphatic heterocycles. The quantitative estimate of drug-likeness (QED) is 0.853. The maximum Gasteiger partial charge on any atom is 0.161 e. The van der Waals surface area contributed by atoms with Crippen molar-refractivity contribution in [3.8, 4) is 0 Å². The number of nitrogens with zero attached hydrogens (tertiary/aromatic N) is 4. The van der Waals surface area contributed by atoms with Crippen molar-refractivity contribution >= 4 is 28.5 Å². The third-order valence-corrected chi connectivity index (χ3v) is 4.60. The number of hydrogen-bond donors (Lipinski definition) is 0. The summed E-state index contributed by atoms with van der Waals surface area (Å²) >= 11 is 6.53. The maximum atomic E-state index is 6.53. The van der Waals surface area contributed by atoms with Crippen LogP contribution in [0, 0.1) is 13.8 Å². The number of aryl methyl sites for hydroxylation is 2. The summed E-state index contributed by atoms with van der Waals surface area (Å²) in [7, 11) is 3.64. The van der Waals surface area contributed by atoms with Crippen molar-refractivity contribution < 1.29 is 4.74 Å². The zero-order valence-corrected chi connectivity index (χ0v) is 13.2. The molecule has 0 radical (unpaired) electrons. The zero-order valence-electron chi connectivity index (χ0n) is 12.5. The van der Waals surface area contributed by atoms with Crippen LogP contribution in [0.25, 0.3) is 11.0 Å². The van der Waals surface area contributed by atoms with Crippen molar-refractivity contribution in [3.63, 3.8) is 0 Å². The van der Waals surface area contributed by atoms with Crippen LogP contribution in [-0.2, 0) is 11.8 Å². The Bertz CT molecular complexity index is 688. The molecule has 1 saturated heterocycles. The number of aromatic nitrogens is 3. The van der Waals surface area contributed by atoms with Gasteiger partial charge < -0.3 is 9.64 Å². The van der Waals surface area contributed by atoms with Crippen molar-refractivity contribution in [1.82, 2.24) is 14.8 Å². The van der Waals surface area contributed by atoms with Gasteiger partial charge in [-0.1, -0.05) is 11.6 Å². The van der Waals surface area contributed by atoms with E-state index < -0.39 is 0 Å². The highest BCUT2D eigenvalue weighted by atomic mass is 35.5. The highest BCUT2D eigenvalue weighted by molar-refractivity contribution is 6.36. The van der Waals surface area contributed by atoms with Crippen LogP contribution in [0.1, 0.15) is 18.2 Å². The topological polar surface area (TPSA) is 43.2 Å². The standard InChI is InChI=1S/C14H19ClN4O/c1-8-11(15)10-9(2)17-18(4)13(10)16-12(8)19-6-14(3,7-19)20-5/h6-7H2,1-5H3. The van der Waals surface area contributed by atoms with Crippen molar-refractivity contribution in [2.75, 3.05) is 25.1 Å². The molecule has 0 unspecified atom stereocenters. The lowest BCUT2D eigenvalue weighted by Crippen LogP contribution is -2.61. The van der Waals surface area contributed by atoms with Gasteiger partial charge in [0.2, 0.25) is 0 Å². The van der Waals surface area contributed by atoms with Gasteiger partial charge in [0.25, 0.3) is 0 Å². The lowest BCUT2D eigenvalue weighted by molar-refractivity contribution is -0.0171. The minimum Gasteiger partial charge on any atom is -0.375 e. The van der Waals surface area contributed by atoms with E-state index >= 15 is 0 Å². The molecule has 0 atom stereocenters. The van der Waals surface area contributed by atoms with Crippen LogP contribution in [-0.4, -0.2) is 40.6 Å². The molecule has 0 amide bonds. The van der Waals surface area contributed by atoms with Crippen LogP contribution in [0.15, 0.2) is 0 Å². The molecule has 2 aromatic rings. The molecule has 0 bridgehead atoms. The molecule has 5 nitrogen and oxygen atoms in total. The summed E-state index contributed by atoms with van der Waals surface area (Å²) in [5.74, 6) is 0.931. The molecule has 108 valence electrons. The number of fused-ring (bicyclic) bond motifs is 1. The van der Waals surface area contributed by atoms with E-state index in [1.165, 1.54) is 0 Å². The molecule has 0 aliphatic carbocycles. The van der Waals surface area contributed by atoms with Gasteiger partial charge in [0.05, 0.1) is 21.7 Å². The molecule has 1 aliphatic rings. The van der Waals surface area contributed by atoms with E-state index in [1.807, 2.05) is 20.9 Å². The largest absolute Gasteiger partial charge is 0.375 e.